The molecule has 1 unspecified atom stereocenters. The fourth-order valence-corrected chi connectivity index (χ4v) is 3.28. The largest absolute Gasteiger partial charge is 0.338 e. The highest BCUT2D eigenvalue weighted by atomic mass is 16.2. The molecule has 0 bridgehead atoms. The lowest BCUT2D eigenvalue weighted by Gasteiger charge is -2.36. The number of likely N-dealkylation sites (tertiary alicyclic amines) is 1. The van der Waals surface area contributed by atoms with E-state index in [1.54, 1.807) is 11.0 Å². The highest BCUT2D eigenvalue weighted by Gasteiger charge is 2.26. The maximum atomic E-state index is 12.5. The van der Waals surface area contributed by atoms with Gasteiger partial charge in [-0.3, -0.25) is 9.69 Å². The number of aromatic nitrogens is 3. The summed E-state index contributed by atoms with van der Waals surface area (Å²) in [4.78, 5) is 23.4. The van der Waals surface area contributed by atoms with Crippen LogP contribution in [0.1, 0.15) is 25.8 Å². The Labute approximate surface area is 131 Å². The van der Waals surface area contributed by atoms with Crippen LogP contribution in [0.3, 0.4) is 0 Å². The number of carbonyl (C=O) groups is 1. The summed E-state index contributed by atoms with van der Waals surface area (Å²) in [6, 6.07) is -0.265. The SMILES string of the molecule is CC(C(=O)N1CCN(CCN2CCCC2)CC1)n1cncn1. The van der Waals surface area contributed by atoms with E-state index in [-0.39, 0.29) is 11.9 Å². The monoisotopic (exact) mass is 306 g/mol. The van der Waals surface area contributed by atoms with E-state index in [2.05, 4.69) is 19.9 Å². The Morgan fingerprint density at radius 1 is 1.05 bits per heavy atom. The van der Waals surface area contributed by atoms with Crippen LogP contribution in [0, 0.1) is 0 Å². The Bertz CT molecular complexity index is 462. The molecule has 1 aromatic heterocycles. The zero-order chi connectivity index (χ0) is 15.4. The first-order valence-corrected chi connectivity index (χ1v) is 8.31. The van der Waals surface area contributed by atoms with Crippen molar-refractivity contribution < 1.29 is 4.79 Å². The van der Waals surface area contributed by atoms with Gasteiger partial charge >= 0.3 is 0 Å². The highest BCUT2D eigenvalue weighted by molar-refractivity contribution is 5.80. The standard InChI is InChI=1S/C15H26N6O/c1-14(21-13-16-12-17-21)15(22)20-10-8-19(9-11-20)7-6-18-4-2-3-5-18/h12-14H,2-11H2,1H3. The summed E-state index contributed by atoms with van der Waals surface area (Å²) in [5, 5.41) is 4.06. The van der Waals surface area contributed by atoms with E-state index in [0.29, 0.717) is 0 Å². The maximum Gasteiger partial charge on any atom is 0.247 e. The van der Waals surface area contributed by atoms with Gasteiger partial charge in [0.1, 0.15) is 18.7 Å². The van der Waals surface area contributed by atoms with Crippen molar-refractivity contribution in [2.45, 2.75) is 25.8 Å². The highest BCUT2D eigenvalue weighted by Crippen LogP contribution is 2.12. The molecule has 2 fully saturated rings. The fraction of sp³-hybridized carbons (Fsp3) is 0.800. The van der Waals surface area contributed by atoms with E-state index in [1.165, 1.54) is 38.8 Å². The molecular weight excluding hydrogens is 280 g/mol. The number of hydrogen-bond donors (Lipinski definition) is 0. The first kappa shape index (κ1) is 15.4. The van der Waals surface area contributed by atoms with E-state index >= 15 is 0 Å². The molecule has 2 aliphatic rings. The molecule has 1 aromatic rings. The van der Waals surface area contributed by atoms with Gasteiger partial charge < -0.3 is 9.80 Å². The van der Waals surface area contributed by atoms with E-state index in [0.717, 1.165) is 32.7 Å². The van der Waals surface area contributed by atoms with Crippen LogP contribution in [0.15, 0.2) is 12.7 Å². The van der Waals surface area contributed by atoms with Gasteiger partial charge in [0.05, 0.1) is 0 Å². The smallest absolute Gasteiger partial charge is 0.247 e. The van der Waals surface area contributed by atoms with Crippen LogP contribution < -0.4 is 0 Å². The third-order valence-electron chi connectivity index (χ3n) is 4.81. The molecule has 1 atom stereocenters. The first-order valence-electron chi connectivity index (χ1n) is 8.31. The topological polar surface area (TPSA) is 57.5 Å². The predicted molar refractivity (Wildman–Crippen MR) is 83.4 cm³/mol. The number of rotatable bonds is 5. The first-order chi connectivity index (χ1) is 10.7. The second-order valence-corrected chi connectivity index (χ2v) is 6.27. The Morgan fingerprint density at radius 3 is 2.27 bits per heavy atom. The quantitative estimate of drug-likeness (QED) is 0.771. The second kappa shape index (κ2) is 7.19. The van der Waals surface area contributed by atoms with Crippen LogP contribution in [0.25, 0.3) is 0 Å². The number of amides is 1. The lowest BCUT2D eigenvalue weighted by Crippen LogP contribution is -2.51. The molecule has 0 N–H and O–H groups in total. The Kier molecular flexibility index (Phi) is 5.04. The van der Waals surface area contributed by atoms with Crippen LogP contribution in [0.5, 0.6) is 0 Å². The van der Waals surface area contributed by atoms with Crippen molar-refractivity contribution in [2.75, 3.05) is 52.4 Å². The summed E-state index contributed by atoms with van der Waals surface area (Å²) in [5.74, 6) is 0.143. The normalized spacial score (nSPS) is 22.1. The van der Waals surface area contributed by atoms with Crippen molar-refractivity contribution in [2.24, 2.45) is 0 Å². The van der Waals surface area contributed by atoms with Gasteiger partial charge in [0.2, 0.25) is 5.91 Å². The summed E-state index contributed by atoms with van der Waals surface area (Å²) in [6.07, 6.45) is 5.78. The number of carbonyl (C=O) groups excluding carboxylic acids is 1. The van der Waals surface area contributed by atoms with Gasteiger partial charge in [0.15, 0.2) is 0 Å². The maximum absolute atomic E-state index is 12.5. The third kappa shape index (κ3) is 3.64. The zero-order valence-corrected chi connectivity index (χ0v) is 13.4. The third-order valence-corrected chi connectivity index (χ3v) is 4.81. The van der Waals surface area contributed by atoms with E-state index in [9.17, 15) is 4.79 Å². The number of nitrogens with zero attached hydrogens (tertiary/aromatic N) is 6. The van der Waals surface area contributed by atoms with Gasteiger partial charge in [-0.2, -0.15) is 5.10 Å². The second-order valence-electron chi connectivity index (χ2n) is 6.27. The molecule has 2 aliphatic heterocycles. The molecule has 122 valence electrons. The lowest BCUT2D eigenvalue weighted by molar-refractivity contribution is -0.136. The molecule has 3 rings (SSSR count). The van der Waals surface area contributed by atoms with Crippen molar-refractivity contribution >= 4 is 5.91 Å². The Hall–Kier alpha value is -1.47. The molecule has 7 nitrogen and oxygen atoms in total. The minimum Gasteiger partial charge on any atom is -0.338 e. The summed E-state index contributed by atoms with van der Waals surface area (Å²) in [7, 11) is 0. The zero-order valence-electron chi connectivity index (χ0n) is 13.4. The van der Waals surface area contributed by atoms with E-state index in [4.69, 9.17) is 0 Å². The molecule has 22 heavy (non-hydrogen) atoms. The van der Waals surface area contributed by atoms with Crippen molar-refractivity contribution in [3.63, 3.8) is 0 Å². The summed E-state index contributed by atoms with van der Waals surface area (Å²) in [6.45, 7) is 10.3. The van der Waals surface area contributed by atoms with Crippen molar-refractivity contribution in [1.82, 2.24) is 29.5 Å². The van der Waals surface area contributed by atoms with Gasteiger partial charge in [0, 0.05) is 39.3 Å². The summed E-state index contributed by atoms with van der Waals surface area (Å²) in [5.41, 5.74) is 0. The molecule has 2 saturated heterocycles. The lowest BCUT2D eigenvalue weighted by atomic mass is 10.2. The van der Waals surface area contributed by atoms with E-state index in [1.807, 2.05) is 11.8 Å². The Morgan fingerprint density at radius 2 is 1.68 bits per heavy atom. The van der Waals surface area contributed by atoms with Crippen LogP contribution >= 0.6 is 0 Å². The predicted octanol–water partition coefficient (Wildman–Crippen LogP) is 0.0791. The molecule has 0 aromatic carbocycles. The molecule has 0 aliphatic carbocycles. The van der Waals surface area contributed by atoms with Crippen LogP contribution in [-0.4, -0.2) is 87.7 Å². The number of hydrogen-bond acceptors (Lipinski definition) is 5. The average molecular weight is 306 g/mol. The molecule has 7 heteroatoms. The fourth-order valence-electron chi connectivity index (χ4n) is 3.28. The van der Waals surface area contributed by atoms with Gasteiger partial charge in [-0.05, 0) is 32.9 Å². The van der Waals surface area contributed by atoms with E-state index < -0.39 is 0 Å². The molecule has 1 amide bonds. The molecule has 3 heterocycles. The Balaban J connectivity index is 1.42. The summed E-state index contributed by atoms with van der Waals surface area (Å²) < 4.78 is 1.63. The molecule has 0 spiro atoms. The van der Waals surface area contributed by atoms with Crippen LogP contribution in [0.2, 0.25) is 0 Å². The average Bonchev–Trinajstić information content (AvgIpc) is 3.25. The van der Waals surface area contributed by atoms with Crippen molar-refractivity contribution in [3.8, 4) is 0 Å². The van der Waals surface area contributed by atoms with Crippen LogP contribution in [0.4, 0.5) is 0 Å². The summed E-state index contributed by atoms with van der Waals surface area (Å²) >= 11 is 0. The van der Waals surface area contributed by atoms with Crippen molar-refractivity contribution in [3.05, 3.63) is 12.7 Å². The molecule has 0 radical (unpaired) electrons. The van der Waals surface area contributed by atoms with Gasteiger partial charge in [-0.1, -0.05) is 0 Å². The van der Waals surface area contributed by atoms with Gasteiger partial charge in [0.25, 0.3) is 0 Å². The molecule has 0 saturated carbocycles. The van der Waals surface area contributed by atoms with Crippen LogP contribution in [-0.2, 0) is 4.79 Å². The van der Waals surface area contributed by atoms with Crippen molar-refractivity contribution in [1.29, 1.82) is 0 Å². The molecular formula is C15H26N6O. The minimum absolute atomic E-state index is 0.143. The number of piperazine rings is 1. The minimum atomic E-state index is -0.265. The van der Waals surface area contributed by atoms with Gasteiger partial charge in [-0.25, -0.2) is 9.67 Å². The van der Waals surface area contributed by atoms with Gasteiger partial charge in [-0.15, -0.1) is 0 Å².